The Labute approximate surface area is 122 Å². The molecular formula is C13H21NO7. The number of hydrogen-bond donors (Lipinski definition) is 2. The Morgan fingerprint density at radius 1 is 1.33 bits per heavy atom. The zero-order chi connectivity index (χ0) is 14.7. The van der Waals surface area contributed by atoms with Crippen LogP contribution in [0.15, 0.2) is 11.3 Å². The molecule has 2 N–H and O–H groups in total. The average molecular weight is 303 g/mol. The predicted molar refractivity (Wildman–Crippen MR) is 68.9 cm³/mol. The smallest absolute Gasteiger partial charge is 0.214 e. The fraction of sp³-hybridized carbons (Fsp3) is 0.846. The van der Waals surface area contributed by atoms with Crippen LogP contribution in [0.2, 0.25) is 0 Å². The lowest BCUT2D eigenvalue weighted by Gasteiger charge is -2.38. The van der Waals surface area contributed by atoms with Gasteiger partial charge in [-0.2, -0.15) is 0 Å². The third-order valence-electron chi connectivity index (χ3n) is 3.79. The van der Waals surface area contributed by atoms with Crippen molar-refractivity contribution < 1.29 is 33.6 Å². The van der Waals surface area contributed by atoms with Gasteiger partial charge in [0.15, 0.2) is 0 Å². The summed E-state index contributed by atoms with van der Waals surface area (Å²) in [6.07, 6.45) is -0.933. The van der Waals surface area contributed by atoms with Crippen molar-refractivity contribution in [3.8, 4) is 0 Å². The van der Waals surface area contributed by atoms with Crippen LogP contribution in [0.4, 0.5) is 0 Å². The number of nitrogens with one attached hydrogen (secondary N) is 1. The van der Waals surface area contributed by atoms with E-state index < -0.39 is 18.0 Å². The largest absolute Gasteiger partial charge is 0.390 e. The molecule has 0 aromatic heterocycles. The molecule has 3 rings (SSSR count). The van der Waals surface area contributed by atoms with Crippen LogP contribution in [0.3, 0.4) is 0 Å². The van der Waals surface area contributed by atoms with E-state index in [9.17, 15) is 5.11 Å². The van der Waals surface area contributed by atoms with E-state index >= 15 is 0 Å². The zero-order valence-electron chi connectivity index (χ0n) is 12.0. The second-order valence-corrected chi connectivity index (χ2v) is 5.12. The van der Waals surface area contributed by atoms with E-state index in [1.807, 2.05) is 0 Å². The molecule has 0 bridgehead atoms. The molecule has 0 unspecified atom stereocenters. The number of fused-ring (bicyclic) bond motifs is 1. The molecule has 0 aromatic rings. The van der Waals surface area contributed by atoms with Crippen molar-refractivity contribution in [3.63, 3.8) is 0 Å². The first-order valence-electron chi connectivity index (χ1n) is 7.02. The Kier molecular flexibility index (Phi) is 4.75. The summed E-state index contributed by atoms with van der Waals surface area (Å²) < 4.78 is 27.2. The number of hydrogen-bond acceptors (Lipinski definition) is 8. The van der Waals surface area contributed by atoms with Gasteiger partial charge in [-0.25, -0.2) is 0 Å². The standard InChI is InChI=1S/C13H21NO7/c1-16-2-3-17-8-18-11-9-7-21-14-12(9)13(6-10(11)15)19-4-5-20-13/h10-11,14-15H,2-8H2,1H3/t10-,11-/m1/s1. The molecule has 2 aliphatic heterocycles. The molecule has 1 spiro atoms. The highest BCUT2D eigenvalue weighted by molar-refractivity contribution is 5.31. The quantitative estimate of drug-likeness (QED) is 0.491. The summed E-state index contributed by atoms with van der Waals surface area (Å²) in [7, 11) is 1.61. The summed E-state index contributed by atoms with van der Waals surface area (Å²) in [6.45, 7) is 2.34. The number of ether oxygens (including phenoxy) is 5. The van der Waals surface area contributed by atoms with Crippen molar-refractivity contribution in [2.75, 3.05) is 46.9 Å². The number of rotatable bonds is 6. The van der Waals surface area contributed by atoms with Gasteiger partial charge in [-0.05, 0) is 0 Å². The Balaban J connectivity index is 1.66. The van der Waals surface area contributed by atoms with Crippen molar-refractivity contribution in [2.45, 2.75) is 24.4 Å². The topological polar surface area (TPSA) is 87.6 Å². The SMILES string of the molecule is COCCOCO[C@@H]1C2=C(NOC2)C2(C[C@H]1O)OCCO2. The van der Waals surface area contributed by atoms with Crippen molar-refractivity contribution >= 4 is 0 Å². The highest BCUT2D eigenvalue weighted by Gasteiger charge is 2.53. The summed E-state index contributed by atoms with van der Waals surface area (Å²) in [4.78, 5) is 5.27. The van der Waals surface area contributed by atoms with E-state index in [0.29, 0.717) is 45.2 Å². The summed E-state index contributed by atoms with van der Waals surface area (Å²) >= 11 is 0. The van der Waals surface area contributed by atoms with Crippen LogP contribution in [0.5, 0.6) is 0 Å². The predicted octanol–water partition coefficient (Wildman–Crippen LogP) is -0.711. The minimum absolute atomic E-state index is 0.0799. The zero-order valence-corrected chi connectivity index (χ0v) is 12.0. The van der Waals surface area contributed by atoms with Gasteiger partial charge in [0.2, 0.25) is 5.79 Å². The second-order valence-electron chi connectivity index (χ2n) is 5.12. The molecule has 8 heteroatoms. The van der Waals surface area contributed by atoms with E-state index in [4.69, 9.17) is 28.5 Å². The molecule has 2 atom stereocenters. The fourth-order valence-corrected chi connectivity index (χ4v) is 2.84. The summed E-state index contributed by atoms with van der Waals surface area (Å²) in [6, 6.07) is 0. The maximum absolute atomic E-state index is 10.4. The lowest BCUT2D eigenvalue weighted by molar-refractivity contribution is -0.187. The summed E-state index contributed by atoms with van der Waals surface area (Å²) in [5.74, 6) is -0.929. The summed E-state index contributed by atoms with van der Waals surface area (Å²) in [5, 5.41) is 10.4. The summed E-state index contributed by atoms with van der Waals surface area (Å²) in [5.41, 5.74) is 4.36. The lowest BCUT2D eigenvalue weighted by atomic mass is 9.87. The van der Waals surface area contributed by atoms with Crippen molar-refractivity contribution in [2.24, 2.45) is 0 Å². The first-order valence-corrected chi connectivity index (χ1v) is 7.02. The van der Waals surface area contributed by atoms with E-state index in [0.717, 1.165) is 5.57 Å². The van der Waals surface area contributed by atoms with Crippen LogP contribution in [0.25, 0.3) is 0 Å². The van der Waals surface area contributed by atoms with Crippen LogP contribution in [-0.2, 0) is 28.5 Å². The molecule has 8 nitrogen and oxygen atoms in total. The van der Waals surface area contributed by atoms with Gasteiger partial charge in [-0.1, -0.05) is 0 Å². The fourth-order valence-electron chi connectivity index (χ4n) is 2.84. The Bertz CT molecular complexity index is 394. The van der Waals surface area contributed by atoms with Crippen molar-refractivity contribution in [1.82, 2.24) is 5.48 Å². The number of hydroxylamine groups is 1. The highest BCUT2D eigenvalue weighted by atomic mass is 16.8. The van der Waals surface area contributed by atoms with E-state index in [-0.39, 0.29) is 6.79 Å². The van der Waals surface area contributed by atoms with E-state index in [2.05, 4.69) is 5.48 Å². The molecule has 0 saturated carbocycles. The number of methoxy groups -OCH3 is 1. The molecule has 1 saturated heterocycles. The normalized spacial score (nSPS) is 30.8. The van der Waals surface area contributed by atoms with E-state index in [1.165, 1.54) is 0 Å². The number of aliphatic hydroxyl groups excluding tert-OH is 1. The molecule has 0 radical (unpaired) electrons. The van der Waals surface area contributed by atoms with Crippen LogP contribution in [-0.4, -0.2) is 70.0 Å². The Hall–Kier alpha value is -0.740. The molecule has 21 heavy (non-hydrogen) atoms. The van der Waals surface area contributed by atoms with E-state index in [1.54, 1.807) is 7.11 Å². The molecule has 2 heterocycles. The molecule has 0 aromatic carbocycles. The first kappa shape index (κ1) is 15.2. The van der Waals surface area contributed by atoms with Gasteiger partial charge in [0.05, 0.1) is 32.5 Å². The Morgan fingerprint density at radius 2 is 2.14 bits per heavy atom. The molecule has 120 valence electrons. The van der Waals surface area contributed by atoms with Crippen LogP contribution in [0, 0.1) is 0 Å². The highest BCUT2D eigenvalue weighted by Crippen LogP contribution is 2.41. The minimum atomic E-state index is -0.929. The minimum Gasteiger partial charge on any atom is -0.390 e. The number of aliphatic hydroxyl groups is 1. The van der Waals surface area contributed by atoms with Crippen LogP contribution in [0.1, 0.15) is 6.42 Å². The Morgan fingerprint density at radius 3 is 2.90 bits per heavy atom. The lowest BCUT2D eigenvalue weighted by Crippen LogP contribution is -2.50. The van der Waals surface area contributed by atoms with Crippen molar-refractivity contribution in [1.29, 1.82) is 0 Å². The average Bonchev–Trinajstić information content (AvgIpc) is 3.11. The molecular weight excluding hydrogens is 282 g/mol. The molecule has 1 fully saturated rings. The van der Waals surface area contributed by atoms with Gasteiger partial charge in [-0.3, -0.25) is 10.3 Å². The van der Waals surface area contributed by atoms with Gasteiger partial charge in [0.25, 0.3) is 0 Å². The van der Waals surface area contributed by atoms with Gasteiger partial charge < -0.3 is 28.8 Å². The molecule has 0 amide bonds. The first-order chi connectivity index (χ1) is 10.3. The van der Waals surface area contributed by atoms with Gasteiger partial charge in [0.1, 0.15) is 25.2 Å². The third kappa shape index (κ3) is 2.93. The molecule has 1 aliphatic carbocycles. The monoisotopic (exact) mass is 303 g/mol. The maximum Gasteiger partial charge on any atom is 0.214 e. The molecule has 3 aliphatic rings. The van der Waals surface area contributed by atoms with Gasteiger partial charge in [0, 0.05) is 19.1 Å². The maximum atomic E-state index is 10.4. The van der Waals surface area contributed by atoms with Crippen molar-refractivity contribution in [3.05, 3.63) is 11.3 Å². The van der Waals surface area contributed by atoms with Gasteiger partial charge >= 0.3 is 0 Å². The van der Waals surface area contributed by atoms with Crippen LogP contribution >= 0.6 is 0 Å². The third-order valence-corrected chi connectivity index (χ3v) is 3.79. The van der Waals surface area contributed by atoms with Gasteiger partial charge in [-0.15, -0.1) is 0 Å². The second kappa shape index (κ2) is 6.57. The van der Waals surface area contributed by atoms with Crippen LogP contribution < -0.4 is 5.48 Å².